The second-order valence-electron chi connectivity index (χ2n) is 2.96. The van der Waals surface area contributed by atoms with Crippen molar-refractivity contribution in [2.75, 3.05) is 5.32 Å². The summed E-state index contributed by atoms with van der Waals surface area (Å²) in [6.07, 6.45) is 3.38. The molecule has 0 aliphatic rings. The molecule has 2 aromatic rings. The van der Waals surface area contributed by atoms with E-state index >= 15 is 0 Å². The molecule has 0 amide bonds. The average molecular weight is 190 g/mol. The van der Waals surface area contributed by atoms with Gasteiger partial charge in [-0.15, -0.1) is 0 Å². The van der Waals surface area contributed by atoms with E-state index in [4.69, 9.17) is 0 Å². The first-order valence-corrected chi connectivity index (χ1v) is 4.19. The van der Waals surface area contributed by atoms with Crippen LogP contribution in [0.3, 0.4) is 0 Å². The number of nitrogens with one attached hydrogen (secondary N) is 2. The van der Waals surface area contributed by atoms with Crippen molar-refractivity contribution in [2.24, 2.45) is 7.05 Å². The molecule has 2 N–H and O–H groups in total. The largest absolute Gasteiger partial charge is 0.339 e. The Kier molecular flexibility index (Phi) is 2.06. The molecule has 0 atom stereocenters. The highest BCUT2D eigenvalue weighted by atomic mass is 16.1. The van der Waals surface area contributed by atoms with Crippen LogP contribution in [0.1, 0.15) is 0 Å². The van der Waals surface area contributed by atoms with Crippen LogP contribution in [-0.4, -0.2) is 14.8 Å². The molecule has 0 saturated heterocycles. The molecule has 0 fully saturated rings. The van der Waals surface area contributed by atoms with Gasteiger partial charge < -0.3 is 9.88 Å². The van der Waals surface area contributed by atoms with Crippen LogP contribution < -0.4 is 10.9 Å². The molecular formula is C9H10N4O. The Labute approximate surface area is 80.4 Å². The lowest BCUT2D eigenvalue weighted by Gasteiger charge is -2.04. The highest BCUT2D eigenvalue weighted by molar-refractivity contribution is 5.53. The molecule has 0 aromatic carbocycles. The predicted molar refractivity (Wildman–Crippen MR) is 53.6 cm³/mol. The highest BCUT2D eigenvalue weighted by Gasteiger charge is 1.96. The highest BCUT2D eigenvalue weighted by Crippen LogP contribution is 2.10. The molecule has 0 radical (unpaired) electrons. The van der Waals surface area contributed by atoms with Gasteiger partial charge in [0.25, 0.3) is 0 Å². The van der Waals surface area contributed by atoms with Crippen LogP contribution in [0.25, 0.3) is 0 Å². The molecule has 5 heteroatoms. The van der Waals surface area contributed by atoms with E-state index in [1.807, 2.05) is 6.07 Å². The van der Waals surface area contributed by atoms with E-state index < -0.39 is 0 Å². The maximum absolute atomic E-state index is 11.1. The van der Waals surface area contributed by atoms with E-state index in [9.17, 15) is 4.79 Å². The Morgan fingerprint density at radius 2 is 2.29 bits per heavy atom. The zero-order chi connectivity index (χ0) is 9.97. The van der Waals surface area contributed by atoms with E-state index in [0.717, 1.165) is 11.5 Å². The molecule has 5 nitrogen and oxygen atoms in total. The Hall–Kier alpha value is -2.04. The Balaban J connectivity index is 2.26. The third kappa shape index (κ3) is 1.66. The summed E-state index contributed by atoms with van der Waals surface area (Å²) in [4.78, 5) is 11.1. The lowest BCUT2D eigenvalue weighted by molar-refractivity contribution is 0.862. The van der Waals surface area contributed by atoms with Crippen molar-refractivity contribution in [3.05, 3.63) is 40.9 Å². The Morgan fingerprint density at radius 1 is 1.43 bits per heavy atom. The summed E-state index contributed by atoms with van der Waals surface area (Å²) in [5.41, 5.74) is 0.816. The van der Waals surface area contributed by atoms with Gasteiger partial charge in [-0.25, -0.2) is 0 Å². The van der Waals surface area contributed by atoms with Crippen molar-refractivity contribution in [2.45, 2.75) is 0 Å². The molecule has 0 saturated carbocycles. The smallest absolute Gasteiger partial charge is 0.250 e. The van der Waals surface area contributed by atoms with Gasteiger partial charge in [0.05, 0.1) is 11.9 Å². The van der Waals surface area contributed by atoms with E-state index in [2.05, 4.69) is 15.5 Å². The maximum Gasteiger partial charge on any atom is 0.250 e. The second-order valence-corrected chi connectivity index (χ2v) is 2.96. The zero-order valence-electron chi connectivity index (χ0n) is 7.69. The lowest BCUT2D eigenvalue weighted by atomic mass is 10.4. The van der Waals surface area contributed by atoms with Crippen molar-refractivity contribution in [1.82, 2.24) is 14.8 Å². The van der Waals surface area contributed by atoms with Gasteiger partial charge in [-0.3, -0.25) is 9.89 Å². The molecule has 0 spiro atoms. The van der Waals surface area contributed by atoms with Crippen LogP contribution in [0.2, 0.25) is 0 Å². The van der Waals surface area contributed by atoms with Crippen molar-refractivity contribution >= 4 is 11.5 Å². The summed E-state index contributed by atoms with van der Waals surface area (Å²) in [6, 6.07) is 5.05. The van der Waals surface area contributed by atoms with Gasteiger partial charge in [0.15, 0.2) is 0 Å². The molecule has 72 valence electrons. The van der Waals surface area contributed by atoms with Gasteiger partial charge in [0.2, 0.25) is 5.56 Å². The molecule has 2 rings (SSSR count). The Bertz CT molecular complexity index is 472. The maximum atomic E-state index is 11.1. The van der Waals surface area contributed by atoms with Crippen molar-refractivity contribution in [1.29, 1.82) is 0 Å². The van der Waals surface area contributed by atoms with E-state index in [-0.39, 0.29) is 5.56 Å². The summed E-state index contributed by atoms with van der Waals surface area (Å²) in [6.45, 7) is 0. The summed E-state index contributed by atoms with van der Waals surface area (Å²) in [7, 11) is 1.71. The number of aryl methyl sites for hydroxylation is 1. The van der Waals surface area contributed by atoms with Gasteiger partial charge in [0.1, 0.15) is 5.82 Å². The molecule has 14 heavy (non-hydrogen) atoms. The van der Waals surface area contributed by atoms with Gasteiger partial charge >= 0.3 is 0 Å². The van der Waals surface area contributed by atoms with E-state index in [1.165, 1.54) is 10.6 Å². The summed E-state index contributed by atoms with van der Waals surface area (Å²) >= 11 is 0. The Morgan fingerprint density at radius 3 is 2.93 bits per heavy atom. The number of aromatic nitrogens is 3. The minimum atomic E-state index is -0.0276. The number of anilines is 2. The first-order chi connectivity index (χ1) is 6.75. The summed E-state index contributed by atoms with van der Waals surface area (Å²) in [5, 5.41) is 9.65. The van der Waals surface area contributed by atoms with Crippen LogP contribution in [0, 0.1) is 0 Å². The number of rotatable bonds is 2. The topological polar surface area (TPSA) is 62.7 Å². The number of aromatic amines is 1. The number of pyridine rings is 1. The molecular weight excluding hydrogens is 180 g/mol. The van der Waals surface area contributed by atoms with E-state index in [0.29, 0.717) is 0 Å². The number of H-pyrrole nitrogens is 1. The number of hydrogen-bond acceptors (Lipinski definition) is 3. The molecule has 0 unspecified atom stereocenters. The first-order valence-electron chi connectivity index (χ1n) is 4.19. The molecule has 0 aliphatic heterocycles. The molecule has 0 aliphatic carbocycles. The quantitative estimate of drug-likeness (QED) is 0.738. The SMILES string of the molecule is Cn1cc(Nc2ccn[nH]2)ccc1=O. The lowest BCUT2D eigenvalue weighted by Crippen LogP contribution is -2.14. The normalized spacial score (nSPS) is 10.1. The average Bonchev–Trinajstić information content (AvgIpc) is 2.64. The fourth-order valence-electron chi connectivity index (χ4n) is 1.15. The summed E-state index contributed by atoms with van der Waals surface area (Å²) < 4.78 is 1.51. The first kappa shape index (κ1) is 8.55. The van der Waals surface area contributed by atoms with E-state index in [1.54, 1.807) is 25.5 Å². The van der Waals surface area contributed by atoms with Crippen molar-refractivity contribution in [3.8, 4) is 0 Å². The monoisotopic (exact) mass is 190 g/mol. The van der Waals surface area contributed by atoms with Crippen LogP contribution in [0.15, 0.2) is 35.4 Å². The number of nitrogens with zero attached hydrogens (tertiary/aromatic N) is 2. The minimum Gasteiger partial charge on any atom is -0.339 e. The zero-order valence-corrected chi connectivity index (χ0v) is 7.69. The predicted octanol–water partition coefficient (Wildman–Crippen LogP) is 0.852. The van der Waals surface area contributed by atoms with Crippen molar-refractivity contribution in [3.63, 3.8) is 0 Å². The van der Waals surface area contributed by atoms with Gasteiger partial charge in [-0.05, 0) is 6.07 Å². The standard InChI is InChI=1S/C9H10N4O/c1-13-6-7(2-3-9(13)14)11-8-4-5-10-12-8/h2-6H,1H3,(H2,10,11,12). The third-order valence-electron chi connectivity index (χ3n) is 1.87. The van der Waals surface area contributed by atoms with Gasteiger partial charge in [-0.1, -0.05) is 0 Å². The fourth-order valence-corrected chi connectivity index (χ4v) is 1.15. The molecule has 2 aromatic heterocycles. The molecule has 2 heterocycles. The van der Waals surface area contributed by atoms with Crippen LogP contribution in [-0.2, 0) is 7.05 Å². The summed E-state index contributed by atoms with van der Waals surface area (Å²) in [5.74, 6) is 0.795. The van der Waals surface area contributed by atoms with Crippen LogP contribution >= 0.6 is 0 Å². The van der Waals surface area contributed by atoms with Crippen LogP contribution in [0.4, 0.5) is 11.5 Å². The third-order valence-corrected chi connectivity index (χ3v) is 1.87. The second kappa shape index (κ2) is 3.37. The fraction of sp³-hybridized carbons (Fsp3) is 0.111. The molecule has 0 bridgehead atoms. The van der Waals surface area contributed by atoms with Crippen LogP contribution in [0.5, 0.6) is 0 Å². The van der Waals surface area contributed by atoms with Gasteiger partial charge in [0, 0.05) is 25.4 Å². The minimum absolute atomic E-state index is 0.0276. The van der Waals surface area contributed by atoms with Crippen molar-refractivity contribution < 1.29 is 0 Å². The number of hydrogen-bond donors (Lipinski definition) is 2. The van der Waals surface area contributed by atoms with Gasteiger partial charge in [-0.2, -0.15) is 5.10 Å².